The van der Waals surface area contributed by atoms with Crippen LogP contribution in [-0.4, -0.2) is 60.6 Å². The van der Waals surface area contributed by atoms with Gasteiger partial charge in [0.05, 0.1) is 18.3 Å². The Labute approximate surface area is 253 Å². The molecule has 0 bridgehead atoms. The zero-order chi connectivity index (χ0) is 31.8. The molecule has 42 heavy (non-hydrogen) atoms. The molecule has 0 aliphatic carbocycles. The zero-order valence-corrected chi connectivity index (χ0v) is 26.9. The monoisotopic (exact) mass is 579 g/mol. The van der Waals surface area contributed by atoms with Crippen molar-refractivity contribution in [2.75, 3.05) is 13.7 Å². The summed E-state index contributed by atoms with van der Waals surface area (Å²) in [6.07, 6.45) is 6.20. The number of pyridine rings is 1. The second-order valence-electron chi connectivity index (χ2n) is 9.54. The van der Waals surface area contributed by atoms with E-state index in [1.165, 1.54) is 6.42 Å². The fourth-order valence-corrected chi connectivity index (χ4v) is 3.22. The Morgan fingerprint density at radius 2 is 1.71 bits per heavy atom. The molecule has 0 spiro atoms. The van der Waals surface area contributed by atoms with E-state index in [1.54, 1.807) is 13.2 Å². The third-order valence-corrected chi connectivity index (χ3v) is 5.83. The van der Waals surface area contributed by atoms with Gasteiger partial charge >= 0.3 is 0 Å². The van der Waals surface area contributed by atoms with Crippen molar-refractivity contribution in [1.82, 2.24) is 20.9 Å². The fraction of sp³-hybridized carbons (Fsp3) is 0.485. The molecule has 0 radical (unpaired) electrons. The minimum Gasteiger partial charge on any atom is -0.394 e. The van der Waals surface area contributed by atoms with Crippen molar-refractivity contribution in [3.05, 3.63) is 65.6 Å². The number of aliphatic imine (C=N–C) groups is 3. The molecule has 0 saturated carbocycles. The van der Waals surface area contributed by atoms with Crippen LogP contribution in [0.2, 0.25) is 0 Å². The van der Waals surface area contributed by atoms with E-state index in [2.05, 4.69) is 82.7 Å². The number of hydrogen-bond donors (Lipinski definition) is 4. The van der Waals surface area contributed by atoms with E-state index in [-0.39, 0.29) is 18.7 Å². The minimum absolute atomic E-state index is 0.0111. The summed E-state index contributed by atoms with van der Waals surface area (Å²) in [7, 11) is 1.69. The highest BCUT2D eigenvalue weighted by molar-refractivity contribution is 6.09. The summed E-state index contributed by atoms with van der Waals surface area (Å²) in [5, 5.41) is 19.5. The summed E-state index contributed by atoms with van der Waals surface area (Å²) < 4.78 is 0. The summed E-state index contributed by atoms with van der Waals surface area (Å²) in [5.41, 5.74) is 4.62. The number of carbonyl (C=O) groups is 1. The first-order chi connectivity index (χ1) is 20.3. The van der Waals surface area contributed by atoms with Crippen LogP contribution in [-0.2, 0) is 11.3 Å². The molecule has 4 N–H and O–H groups in total. The number of carbonyl (C=O) groups excluding carboxylic acids is 1. The Bertz CT molecular complexity index is 1090. The van der Waals surface area contributed by atoms with Crippen LogP contribution in [0.15, 0.2) is 75.0 Å². The van der Waals surface area contributed by atoms with Crippen molar-refractivity contribution in [2.24, 2.45) is 15.0 Å². The van der Waals surface area contributed by atoms with Gasteiger partial charge in [-0.2, -0.15) is 0 Å². The van der Waals surface area contributed by atoms with E-state index in [0.717, 1.165) is 41.6 Å². The number of aliphatic hydroxyl groups excluding tert-OH is 1. The summed E-state index contributed by atoms with van der Waals surface area (Å²) in [6, 6.07) is 14.2. The Hall–Kier alpha value is -3.85. The van der Waals surface area contributed by atoms with Crippen molar-refractivity contribution < 1.29 is 9.90 Å². The maximum absolute atomic E-state index is 9.56. The summed E-state index contributed by atoms with van der Waals surface area (Å²) in [4.78, 5) is 27.0. The summed E-state index contributed by atoms with van der Waals surface area (Å²) in [5.74, 6) is 1.10. The normalized spacial score (nSPS) is 13.2. The molecule has 1 aromatic heterocycles. The first kappa shape index (κ1) is 38.1. The summed E-state index contributed by atoms with van der Waals surface area (Å²) >= 11 is 0. The van der Waals surface area contributed by atoms with E-state index in [0.29, 0.717) is 30.5 Å². The van der Waals surface area contributed by atoms with Crippen LogP contribution >= 0.6 is 0 Å². The predicted octanol–water partition coefficient (Wildman–Crippen LogP) is 5.91. The quantitative estimate of drug-likeness (QED) is 0.141. The van der Waals surface area contributed by atoms with Crippen LogP contribution in [0.1, 0.15) is 79.7 Å². The Kier molecular flexibility index (Phi) is 21.6. The standard InChI is InChI=1S/C27H39N7O.C3H6O.C3H8/c1-7-19(3)32-26(34-27(29-6)33-23(8-2)18-35)25(28-5)20(4)31-17-21-12-14-22(15-13-21)24-11-9-10-16-30-24;1-2-3-4;1-3-2/h9-16,19,23,31,35H,5,7-8,17-18H2,1-4,6H3,(H2,29,32,33,34);3H,2H2,1H3;3H2,1-2H3/b25-20-;;/t19?,23-;;/m0../s1. The number of aliphatic hydroxyl groups is 1. The molecule has 9 heteroatoms. The highest BCUT2D eigenvalue weighted by atomic mass is 16.3. The largest absolute Gasteiger partial charge is 0.394 e. The van der Waals surface area contributed by atoms with Gasteiger partial charge in [-0.05, 0) is 51.1 Å². The van der Waals surface area contributed by atoms with Gasteiger partial charge in [-0.3, -0.25) is 20.0 Å². The van der Waals surface area contributed by atoms with Gasteiger partial charge in [0.1, 0.15) is 12.0 Å². The third-order valence-electron chi connectivity index (χ3n) is 5.83. The fourth-order valence-electron chi connectivity index (χ4n) is 3.22. The van der Waals surface area contributed by atoms with Crippen LogP contribution in [0.4, 0.5) is 0 Å². The molecule has 0 aliphatic heterocycles. The van der Waals surface area contributed by atoms with Gasteiger partial charge in [0.2, 0.25) is 0 Å². The second-order valence-corrected chi connectivity index (χ2v) is 9.54. The molecule has 0 aliphatic rings. The average Bonchev–Trinajstić information content (AvgIpc) is 3.03. The van der Waals surface area contributed by atoms with Gasteiger partial charge in [0.15, 0.2) is 11.8 Å². The maximum Gasteiger partial charge on any atom is 0.197 e. The molecule has 9 nitrogen and oxygen atoms in total. The topological polar surface area (TPSA) is 123 Å². The first-order valence-electron chi connectivity index (χ1n) is 14.8. The molecule has 2 atom stereocenters. The van der Waals surface area contributed by atoms with E-state index in [9.17, 15) is 9.90 Å². The number of rotatable bonds is 12. The lowest BCUT2D eigenvalue weighted by Crippen LogP contribution is -2.47. The van der Waals surface area contributed by atoms with Crippen LogP contribution in [0, 0.1) is 0 Å². The predicted molar refractivity (Wildman–Crippen MR) is 179 cm³/mol. The number of aromatic nitrogens is 1. The zero-order valence-electron chi connectivity index (χ0n) is 26.9. The van der Waals surface area contributed by atoms with Gasteiger partial charge in [-0.1, -0.05) is 71.4 Å². The SMILES string of the molecule is C=N/C(C(=NC(C)CC)NC(=NC)N[C@@H](CC)CO)=C(/C)NCc1ccc(-c2ccccn2)cc1.CCC.CCC=O. The number of nitrogens with zero attached hydrogens (tertiary/aromatic N) is 4. The molecule has 0 saturated heterocycles. The molecule has 0 fully saturated rings. The molecule has 2 aromatic rings. The van der Waals surface area contributed by atoms with E-state index in [1.807, 2.05) is 45.9 Å². The molecule has 2 rings (SSSR count). The number of hydrogen-bond acceptors (Lipinski definition) is 7. The van der Waals surface area contributed by atoms with E-state index in [4.69, 9.17) is 4.99 Å². The maximum atomic E-state index is 9.56. The molecular formula is C33H53N7O2. The minimum atomic E-state index is -0.108. The Balaban J connectivity index is 0.00000216. The van der Waals surface area contributed by atoms with Gasteiger partial charge in [-0.25, -0.2) is 0 Å². The Morgan fingerprint density at radius 1 is 1.07 bits per heavy atom. The van der Waals surface area contributed by atoms with Crippen molar-refractivity contribution in [1.29, 1.82) is 0 Å². The van der Waals surface area contributed by atoms with Crippen LogP contribution in [0.5, 0.6) is 0 Å². The van der Waals surface area contributed by atoms with Gasteiger partial charge in [0, 0.05) is 43.5 Å². The van der Waals surface area contributed by atoms with Crippen molar-refractivity contribution in [3.8, 4) is 11.3 Å². The average molecular weight is 580 g/mol. The first-order valence-corrected chi connectivity index (χ1v) is 14.8. The number of amidine groups is 1. The molecule has 232 valence electrons. The lowest BCUT2D eigenvalue weighted by atomic mass is 10.1. The van der Waals surface area contributed by atoms with E-state index < -0.39 is 0 Å². The van der Waals surface area contributed by atoms with E-state index >= 15 is 0 Å². The van der Waals surface area contributed by atoms with Crippen molar-refractivity contribution in [3.63, 3.8) is 0 Å². The highest BCUT2D eigenvalue weighted by Gasteiger charge is 2.15. The summed E-state index contributed by atoms with van der Waals surface area (Å²) in [6.45, 7) is 18.6. The lowest BCUT2D eigenvalue weighted by Gasteiger charge is -2.21. The van der Waals surface area contributed by atoms with Crippen molar-refractivity contribution >= 4 is 24.8 Å². The third kappa shape index (κ3) is 15.2. The van der Waals surface area contributed by atoms with Crippen molar-refractivity contribution in [2.45, 2.75) is 92.8 Å². The smallest absolute Gasteiger partial charge is 0.197 e. The lowest BCUT2D eigenvalue weighted by molar-refractivity contribution is -0.107. The van der Waals surface area contributed by atoms with Crippen LogP contribution in [0.3, 0.4) is 0 Å². The molecular weight excluding hydrogens is 526 g/mol. The molecule has 1 heterocycles. The number of benzene rings is 1. The Morgan fingerprint density at radius 3 is 2.17 bits per heavy atom. The van der Waals surface area contributed by atoms with Crippen LogP contribution in [0.25, 0.3) is 11.3 Å². The number of guanidine groups is 1. The van der Waals surface area contributed by atoms with Gasteiger partial charge in [-0.15, -0.1) is 0 Å². The number of allylic oxidation sites excluding steroid dienone is 1. The number of nitrogens with one attached hydrogen (secondary N) is 3. The second kappa shape index (κ2) is 23.8. The molecule has 0 amide bonds. The molecule has 1 aromatic carbocycles. The highest BCUT2D eigenvalue weighted by Crippen LogP contribution is 2.17. The van der Waals surface area contributed by atoms with Gasteiger partial charge < -0.3 is 25.9 Å². The van der Waals surface area contributed by atoms with Gasteiger partial charge in [0.25, 0.3) is 0 Å². The number of aldehydes is 1. The molecule has 1 unspecified atom stereocenters. The van der Waals surface area contributed by atoms with Crippen LogP contribution < -0.4 is 16.0 Å².